The van der Waals surface area contributed by atoms with Crippen molar-refractivity contribution in [2.75, 3.05) is 20.3 Å². The van der Waals surface area contributed by atoms with Crippen LogP contribution in [0.5, 0.6) is 11.5 Å². The summed E-state index contributed by atoms with van der Waals surface area (Å²) < 4.78 is 11.0. The third kappa shape index (κ3) is 8.12. The first kappa shape index (κ1) is 26.2. The molecule has 0 aromatic heterocycles. The smallest absolute Gasteiger partial charge is 0.261 e. The van der Waals surface area contributed by atoms with Gasteiger partial charge >= 0.3 is 0 Å². The fourth-order valence-electron chi connectivity index (χ4n) is 3.24. The topological polar surface area (TPSA) is 67.9 Å². The van der Waals surface area contributed by atoms with Crippen molar-refractivity contribution in [3.05, 3.63) is 59.7 Å². The minimum absolute atomic E-state index is 0.0439. The molecule has 0 aliphatic rings. The summed E-state index contributed by atoms with van der Waals surface area (Å²) in [5.41, 5.74) is 2.14. The summed E-state index contributed by atoms with van der Waals surface area (Å²) in [6.07, 6.45) is 0. The number of carbonyl (C=O) groups excluding carboxylic acids is 2. The number of carbonyl (C=O) groups is 2. The van der Waals surface area contributed by atoms with Crippen LogP contribution in [-0.4, -0.2) is 43.0 Å². The molecule has 180 valence electrons. The lowest BCUT2D eigenvalue weighted by atomic mass is 9.87. The highest BCUT2D eigenvalue weighted by Crippen LogP contribution is 2.24. The van der Waals surface area contributed by atoms with Gasteiger partial charge in [0, 0.05) is 13.1 Å². The molecule has 1 N–H and O–H groups in total. The quantitative estimate of drug-likeness (QED) is 0.571. The zero-order valence-electron chi connectivity index (χ0n) is 21.0. The lowest BCUT2D eigenvalue weighted by molar-refractivity contribution is -0.142. The van der Waals surface area contributed by atoms with Crippen LogP contribution >= 0.6 is 0 Å². The van der Waals surface area contributed by atoms with Crippen molar-refractivity contribution in [2.24, 2.45) is 5.92 Å². The summed E-state index contributed by atoms with van der Waals surface area (Å²) in [7, 11) is 1.61. The first-order chi connectivity index (χ1) is 15.5. The Labute approximate surface area is 198 Å². The molecular formula is C27H38N2O4. The van der Waals surface area contributed by atoms with Crippen molar-refractivity contribution < 1.29 is 19.1 Å². The first-order valence-electron chi connectivity index (χ1n) is 11.4. The molecule has 2 aromatic rings. The van der Waals surface area contributed by atoms with Crippen LogP contribution < -0.4 is 14.8 Å². The second kappa shape index (κ2) is 11.7. The van der Waals surface area contributed by atoms with Crippen molar-refractivity contribution in [3.8, 4) is 11.5 Å². The minimum Gasteiger partial charge on any atom is -0.497 e. The minimum atomic E-state index is -0.634. The Morgan fingerprint density at radius 2 is 1.52 bits per heavy atom. The van der Waals surface area contributed by atoms with Crippen molar-refractivity contribution in [2.45, 2.75) is 59.5 Å². The van der Waals surface area contributed by atoms with Crippen LogP contribution in [0.1, 0.15) is 52.7 Å². The molecule has 33 heavy (non-hydrogen) atoms. The Morgan fingerprint density at radius 3 is 2.03 bits per heavy atom. The van der Waals surface area contributed by atoms with Crippen LogP contribution in [0, 0.1) is 5.92 Å². The highest BCUT2D eigenvalue weighted by Gasteiger charge is 2.26. The average molecular weight is 455 g/mol. The van der Waals surface area contributed by atoms with E-state index >= 15 is 0 Å². The van der Waals surface area contributed by atoms with Gasteiger partial charge in [0.2, 0.25) is 5.91 Å². The Hall–Kier alpha value is -3.02. The zero-order valence-corrected chi connectivity index (χ0v) is 21.0. The van der Waals surface area contributed by atoms with Gasteiger partial charge in [-0.05, 0) is 53.6 Å². The molecule has 2 aromatic carbocycles. The molecule has 6 heteroatoms. The van der Waals surface area contributed by atoms with Crippen LogP contribution in [0.3, 0.4) is 0 Å². The molecule has 0 aliphatic carbocycles. The summed E-state index contributed by atoms with van der Waals surface area (Å²) in [5.74, 6) is 1.25. The zero-order chi connectivity index (χ0) is 24.6. The van der Waals surface area contributed by atoms with Gasteiger partial charge in [-0.15, -0.1) is 0 Å². The normalized spacial score (nSPS) is 12.2. The predicted octanol–water partition coefficient (Wildman–Crippen LogP) is 4.56. The van der Waals surface area contributed by atoms with Crippen molar-refractivity contribution in [1.29, 1.82) is 0 Å². The summed E-state index contributed by atoms with van der Waals surface area (Å²) in [5, 5.41) is 2.92. The Kier molecular flexibility index (Phi) is 9.32. The van der Waals surface area contributed by atoms with Gasteiger partial charge in [-0.3, -0.25) is 9.59 Å². The van der Waals surface area contributed by atoms with Gasteiger partial charge in [-0.25, -0.2) is 0 Å². The van der Waals surface area contributed by atoms with Crippen LogP contribution in [0.15, 0.2) is 48.5 Å². The van der Waals surface area contributed by atoms with E-state index in [2.05, 4.69) is 26.1 Å². The lowest BCUT2D eigenvalue weighted by Crippen LogP contribution is -2.49. The number of nitrogens with zero attached hydrogens (tertiary/aromatic N) is 1. The maximum atomic E-state index is 13.2. The van der Waals surface area contributed by atoms with Gasteiger partial charge < -0.3 is 19.7 Å². The Morgan fingerprint density at radius 1 is 0.939 bits per heavy atom. The molecule has 0 radical (unpaired) electrons. The van der Waals surface area contributed by atoms with Crippen LogP contribution in [0.2, 0.25) is 0 Å². The van der Waals surface area contributed by atoms with Crippen molar-refractivity contribution in [1.82, 2.24) is 10.2 Å². The maximum Gasteiger partial charge on any atom is 0.261 e. The van der Waals surface area contributed by atoms with E-state index in [-0.39, 0.29) is 23.8 Å². The number of hydrogen-bond donors (Lipinski definition) is 1. The number of rotatable bonds is 10. The average Bonchev–Trinajstić information content (AvgIpc) is 2.79. The SMILES string of the molecule is COc1ccc(CN(C(=O)COc2ccc(C(C)(C)C)cc2)[C@H](C)C(=O)NCC(C)C)cc1. The van der Waals surface area contributed by atoms with Gasteiger partial charge in [0.25, 0.3) is 5.91 Å². The summed E-state index contributed by atoms with van der Waals surface area (Å²) in [4.78, 5) is 27.4. The predicted molar refractivity (Wildman–Crippen MR) is 131 cm³/mol. The van der Waals surface area contributed by atoms with Gasteiger partial charge in [-0.2, -0.15) is 0 Å². The number of methoxy groups -OCH3 is 1. The van der Waals surface area contributed by atoms with Crippen molar-refractivity contribution in [3.63, 3.8) is 0 Å². The maximum absolute atomic E-state index is 13.2. The Balaban J connectivity index is 2.12. The molecule has 6 nitrogen and oxygen atoms in total. The Bertz CT molecular complexity index is 899. The standard InChI is InChI=1S/C27H38N2O4/c1-19(2)16-28-26(31)20(3)29(17-21-8-12-23(32-7)13-9-21)25(30)18-33-24-14-10-22(11-15-24)27(4,5)6/h8-15,19-20H,16-18H2,1-7H3,(H,28,31)/t20-/m1/s1. The molecular weight excluding hydrogens is 416 g/mol. The summed E-state index contributed by atoms with van der Waals surface area (Å²) in [6, 6.07) is 14.6. The molecule has 0 aliphatic heterocycles. The molecule has 0 spiro atoms. The van der Waals surface area contributed by atoms with Crippen LogP contribution in [-0.2, 0) is 21.5 Å². The van der Waals surface area contributed by atoms with Gasteiger partial charge in [0.15, 0.2) is 6.61 Å². The van der Waals surface area contributed by atoms with E-state index in [4.69, 9.17) is 9.47 Å². The second-order valence-electron chi connectivity index (χ2n) is 9.75. The van der Waals surface area contributed by atoms with Gasteiger partial charge in [0.05, 0.1) is 7.11 Å². The largest absolute Gasteiger partial charge is 0.497 e. The second-order valence-corrected chi connectivity index (χ2v) is 9.75. The van der Waals surface area contributed by atoms with E-state index in [0.29, 0.717) is 24.8 Å². The van der Waals surface area contributed by atoms with Crippen molar-refractivity contribution >= 4 is 11.8 Å². The van der Waals surface area contributed by atoms with E-state index in [1.54, 1.807) is 18.9 Å². The van der Waals surface area contributed by atoms with Gasteiger partial charge in [0.1, 0.15) is 17.5 Å². The third-order valence-electron chi connectivity index (χ3n) is 5.45. The van der Waals surface area contributed by atoms with Crippen LogP contribution in [0.4, 0.5) is 0 Å². The molecule has 0 heterocycles. The fourth-order valence-corrected chi connectivity index (χ4v) is 3.24. The molecule has 0 unspecified atom stereocenters. The molecule has 2 rings (SSSR count). The van der Waals surface area contributed by atoms with Gasteiger partial charge in [-0.1, -0.05) is 58.9 Å². The van der Waals surface area contributed by atoms with Crippen LogP contribution in [0.25, 0.3) is 0 Å². The van der Waals surface area contributed by atoms with E-state index in [9.17, 15) is 9.59 Å². The van der Waals surface area contributed by atoms with E-state index in [1.807, 2.05) is 62.4 Å². The number of amides is 2. The van der Waals surface area contributed by atoms with E-state index in [1.165, 1.54) is 5.56 Å². The summed E-state index contributed by atoms with van der Waals surface area (Å²) in [6.45, 7) is 13.0. The lowest BCUT2D eigenvalue weighted by Gasteiger charge is -2.29. The molecule has 2 amide bonds. The molecule has 0 saturated carbocycles. The highest BCUT2D eigenvalue weighted by atomic mass is 16.5. The monoisotopic (exact) mass is 454 g/mol. The van der Waals surface area contributed by atoms with E-state index < -0.39 is 6.04 Å². The first-order valence-corrected chi connectivity index (χ1v) is 11.4. The number of ether oxygens (including phenoxy) is 2. The number of nitrogens with one attached hydrogen (secondary N) is 1. The number of hydrogen-bond acceptors (Lipinski definition) is 4. The highest BCUT2D eigenvalue weighted by molar-refractivity contribution is 5.88. The molecule has 1 atom stereocenters. The molecule has 0 fully saturated rings. The summed E-state index contributed by atoms with van der Waals surface area (Å²) >= 11 is 0. The van der Waals surface area contributed by atoms with E-state index in [0.717, 1.165) is 11.3 Å². The molecule has 0 saturated heterocycles. The number of benzene rings is 2. The molecule has 0 bridgehead atoms. The third-order valence-corrected chi connectivity index (χ3v) is 5.45. The fraction of sp³-hybridized carbons (Fsp3) is 0.481.